The molecule has 2 rings (SSSR count). The van der Waals surface area contributed by atoms with Gasteiger partial charge in [0.25, 0.3) is 5.91 Å². The minimum atomic E-state index is -0.440. The summed E-state index contributed by atoms with van der Waals surface area (Å²) < 4.78 is 0.771. The third-order valence-corrected chi connectivity index (χ3v) is 4.07. The summed E-state index contributed by atoms with van der Waals surface area (Å²) in [6.45, 7) is 0.315. The van der Waals surface area contributed by atoms with Crippen LogP contribution in [0.1, 0.15) is 42.5 Å². The van der Waals surface area contributed by atoms with Crippen molar-refractivity contribution in [1.82, 2.24) is 10.3 Å². The molecule has 0 aliphatic heterocycles. The Morgan fingerprint density at radius 3 is 2.84 bits per heavy atom. The Morgan fingerprint density at radius 1 is 1.42 bits per heavy atom. The molecule has 1 fully saturated rings. The Labute approximate surface area is 121 Å². The van der Waals surface area contributed by atoms with E-state index in [1.54, 1.807) is 12.3 Å². The molecule has 1 aromatic heterocycles. The first-order chi connectivity index (χ1) is 9.16. The molecule has 1 aliphatic carbocycles. The number of hydrogen-bond acceptors (Lipinski definition) is 3. The number of hydrogen-bond donors (Lipinski definition) is 2. The molecule has 0 saturated heterocycles. The number of rotatable bonds is 4. The number of nitrogens with one attached hydrogen (secondary N) is 1. The topological polar surface area (TPSA) is 62.2 Å². The highest BCUT2D eigenvalue weighted by atomic mass is 79.9. The monoisotopic (exact) mass is 326 g/mol. The molecule has 0 bridgehead atoms. The first-order valence-corrected chi connectivity index (χ1v) is 7.53. The molecular formula is C14H19BrN2O2. The van der Waals surface area contributed by atoms with E-state index < -0.39 is 6.10 Å². The van der Waals surface area contributed by atoms with Crippen LogP contribution in [0.4, 0.5) is 0 Å². The van der Waals surface area contributed by atoms with Crippen LogP contribution in [0.2, 0.25) is 0 Å². The van der Waals surface area contributed by atoms with E-state index in [-0.39, 0.29) is 5.91 Å². The van der Waals surface area contributed by atoms with Crippen molar-refractivity contribution in [2.24, 2.45) is 5.92 Å². The first-order valence-electron chi connectivity index (χ1n) is 6.73. The number of pyridine rings is 1. The lowest BCUT2D eigenvalue weighted by Gasteiger charge is -2.26. The quantitative estimate of drug-likeness (QED) is 0.893. The van der Waals surface area contributed by atoms with Gasteiger partial charge >= 0.3 is 0 Å². The second kappa shape index (κ2) is 7.01. The average molecular weight is 327 g/mol. The fraction of sp³-hybridized carbons (Fsp3) is 0.571. The van der Waals surface area contributed by atoms with Crippen LogP contribution >= 0.6 is 15.9 Å². The van der Waals surface area contributed by atoms with E-state index in [1.807, 2.05) is 0 Å². The fourth-order valence-corrected chi connectivity index (χ4v) is 2.89. The Bertz CT molecular complexity index is 433. The van der Waals surface area contributed by atoms with Crippen molar-refractivity contribution in [2.45, 2.75) is 38.2 Å². The maximum atomic E-state index is 11.9. The Morgan fingerprint density at radius 2 is 2.16 bits per heavy atom. The Balaban J connectivity index is 1.82. The summed E-state index contributed by atoms with van der Waals surface area (Å²) in [6, 6.07) is 1.72. The van der Waals surface area contributed by atoms with Gasteiger partial charge in [-0.2, -0.15) is 0 Å². The molecule has 1 aliphatic rings. The second-order valence-electron chi connectivity index (χ2n) is 5.07. The summed E-state index contributed by atoms with van der Waals surface area (Å²) in [7, 11) is 0. The fourth-order valence-electron chi connectivity index (χ4n) is 2.52. The summed E-state index contributed by atoms with van der Waals surface area (Å²) in [6.07, 6.45) is 8.48. The molecule has 1 atom stereocenters. The van der Waals surface area contributed by atoms with E-state index in [0.717, 1.165) is 17.3 Å². The van der Waals surface area contributed by atoms with Gasteiger partial charge in [-0.3, -0.25) is 9.78 Å². The van der Waals surface area contributed by atoms with E-state index in [4.69, 9.17) is 0 Å². The first kappa shape index (κ1) is 14.5. The van der Waals surface area contributed by atoms with E-state index in [0.29, 0.717) is 18.0 Å². The maximum Gasteiger partial charge on any atom is 0.252 e. The molecule has 2 N–H and O–H groups in total. The normalized spacial score (nSPS) is 18.0. The molecule has 5 heteroatoms. The zero-order chi connectivity index (χ0) is 13.7. The summed E-state index contributed by atoms with van der Waals surface area (Å²) >= 11 is 3.28. The molecule has 4 nitrogen and oxygen atoms in total. The highest BCUT2D eigenvalue weighted by molar-refractivity contribution is 9.10. The number of aromatic nitrogens is 1. The lowest BCUT2D eigenvalue weighted by atomic mass is 9.85. The van der Waals surface area contributed by atoms with Crippen molar-refractivity contribution in [1.29, 1.82) is 0 Å². The standard InChI is InChI=1S/C14H19BrN2O2/c15-12-6-11(7-16-8-12)14(19)17-9-13(18)10-4-2-1-3-5-10/h6-8,10,13,18H,1-5,9H2,(H,17,19)/t13-/m0/s1. The van der Waals surface area contributed by atoms with Gasteiger partial charge in [-0.1, -0.05) is 19.3 Å². The van der Waals surface area contributed by atoms with Crippen molar-refractivity contribution in [2.75, 3.05) is 6.54 Å². The van der Waals surface area contributed by atoms with E-state index in [1.165, 1.54) is 25.5 Å². The minimum absolute atomic E-state index is 0.191. The van der Waals surface area contributed by atoms with Gasteiger partial charge < -0.3 is 10.4 Å². The lowest BCUT2D eigenvalue weighted by Crippen LogP contribution is -2.37. The third kappa shape index (κ3) is 4.28. The number of aliphatic hydroxyl groups is 1. The molecule has 104 valence electrons. The van der Waals surface area contributed by atoms with Crippen molar-refractivity contribution in [3.8, 4) is 0 Å². The number of carbonyl (C=O) groups excluding carboxylic acids is 1. The van der Waals surface area contributed by atoms with Gasteiger partial charge in [0.2, 0.25) is 0 Å². The zero-order valence-corrected chi connectivity index (χ0v) is 12.4. The summed E-state index contributed by atoms with van der Waals surface area (Å²) in [5, 5.41) is 12.9. The SMILES string of the molecule is O=C(NC[C@H](O)C1CCCCC1)c1cncc(Br)c1. The van der Waals surface area contributed by atoms with Crippen molar-refractivity contribution < 1.29 is 9.90 Å². The predicted molar refractivity (Wildman–Crippen MR) is 76.9 cm³/mol. The van der Waals surface area contributed by atoms with Gasteiger partial charge in [-0.05, 0) is 40.8 Å². The molecule has 1 aromatic rings. The van der Waals surface area contributed by atoms with Gasteiger partial charge in [0.05, 0.1) is 11.7 Å². The third-order valence-electron chi connectivity index (χ3n) is 3.63. The zero-order valence-electron chi connectivity index (χ0n) is 10.8. The largest absolute Gasteiger partial charge is 0.391 e. The van der Waals surface area contributed by atoms with Crippen molar-refractivity contribution in [3.05, 3.63) is 28.5 Å². The number of aliphatic hydroxyl groups excluding tert-OH is 1. The van der Waals surface area contributed by atoms with Crippen LogP contribution in [0.3, 0.4) is 0 Å². The van der Waals surface area contributed by atoms with Crippen LogP contribution in [0.5, 0.6) is 0 Å². The van der Waals surface area contributed by atoms with Gasteiger partial charge in [0.15, 0.2) is 0 Å². The van der Waals surface area contributed by atoms with Crippen LogP contribution in [-0.2, 0) is 0 Å². The second-order valence-corrected chi connectivity index (χ2v) is 5.98. The van der Waals surface area contributed by atoms with Crippen LogP contribution < -0.4 is 5.32 Å². The highest BCUT2D eigenvalue weighted by Crippen LogP contribution is 2.26. The van der Waals surface area contributed by atoms with Gasteiger partial charge in [0.1, 0.15) is 0 Å². The lowest BCUT2D eigenvalue weighted by molar-refractivity contribution is 0.0738. The molecule has 0 unspecified atom stereocenters. The number of nitrogens with zero attached hydrogens (tertiary/aromatic N) is 1. The maximum absolute atomic E-state index is 11.9. The van der Waals surface area contributed by atoms with Crippen LogP contribution in [0.25, 0.3) is 0 Å². The minimum Gasteiger partial charge on any atom is -0.391 e. The van der Waals surface area contributed by atoms with E-state index in [9.17, 15) is 9.90 Å². The Hall–Kier alpha value is -0.940. The van der Waals surface area contributed by atoms with Crippen molar-refractivity contribution >= 4 is 21.8 Å². The van der Waals surface area contributed by atoms with E-state index in [2.05, 4.69) is 26.2 Å². The smallest absolute Gasteiger partial charge is 0.252 e. The van der Waals surface area contributed by atoms with Crippen LogP contribution in [0, 0.1) is 5.92 Å². The average Bonchev–Trinajstić information content (AvgIpc) is 2.45. The molecule has 0 radical (unpaired) electrons. The predicted octanol–water partition coefficient (Wildman–Crippen LogP) is 2.52. The van der Waals surface area contributed by atoms with Gasteiger partial charge in [-0.15, -0.1) is 0 Å². The molecule has 1 saturated carbocycles. The highest BCUT2D eigenvalue weighted by Gasteiger charge is 2.22. The molecule has 1 amide bonds. The van der Waals surface area contributed by atoms with E-state index >= 15 is 0 Å². The van der Waals surface area contributed by atoms with Crippen LogP contribution in [0.15, 0.2) is 22.9 Å². The van der Waals surface area contributed by atoms with Gasteiger partial charge in [-0.25, -0.2) is 0 Å². The number of halogens is 1. The molecule has 0 aromatic carbocycles. The van der Waals surface area contributed by atoms with Crippen LogP contribution in [-0.4, -0.2) is 28.6 Å². The summed E-state index contributed by atoms with van der Waals surface area (Å²) in [4.78, 5) is 15.9. The summed E-state index contributed by atoms with van der Waals surface area (Å²) in [5.41, 5.74) is 0.505. The summed E-state index contributed by atoms with van der Waals surface area (Å²) in [5.74, 6) is 0.137. The molecule has 19 heavy (non-hydrogen) atoms. The molecule has 1 heterocycles. The molecule has 0 spiro atoms. The van der Waals surface area contributed by atoms with Crippen molar-refractivity contribution in [3.63, 3.8) is 0 Å². The van der Waals surface area contributed by atoms with Gasteiger partial charge in [0, 0.05) is 23.4 Å². The Kier molecular flexibility index (Phi) is 5.34. The number of carbonyl (C=O) groups is 1. The molecular weight excluding hydrogens is 308 g/mol. The number of amides is 1.